The highest BCUT2D eigenvalue weighted by atomic mass is 15.3. The van der Waals surface area contributed by atoms with Gasteiger partial charge in [0.05, 0.1) is 5.69 Å². The third-order valence-electron chi connectivity index (χ3n) is 4.04. The van der Waals surface area contributed by atoms with E-state index in [1.807, 2.05) is 0 Å². The summed E-state index contributed by atoms with van der Waals surface area (Å²) in [6.07, 6.45) is 4.89. The molecule has 2 atom stereocenters. The Morgan fingerprint density at radius 1 is 1.39 bits per heavy atom. The lowest BCUT2D eigenvalue weighted by atomic mass is 9.97. The zero-order valence-electron chi connectivity index (χ0n) is 12.2. The molecule has 2 rings (SSSR count). The fraction of sp³-hybridized carbons (Fsp3) is 0.800. The van der Waals surface area contributed by atoms with Crippen molar-refractivity contribution < 1.29 is 0 Å². The van der Waals surface area contributed by atoms with Crippen molar-refractivity contribution in [2.75, 3.05) is 0 Å². The van der Waals surface area contributed by atoms with Gasteiger partial charge in [-0.3, -0.25) is 4.68 Å². The minimum atomic E-state index is 0.600. The van der Waals surface area contributed by atoms with Crippen molar-refractivity contribution >= 4 is 0 Å². The highest BCUT2D eigenvalue weighted by molar-refractivity contribution is 5.11. The Hall–Kier alpha value is -0.830. The molecule has 0 saturated heterocycles. The van der Waals surface area contributed by atoms with Gasteiger partial charge in [-0.1, -0.05) is 13.8 Å². The van der Waals surface area contributed by atoms with E-state index in [1.54, 1.807) is 0 Å². The predicted octanol–water partition coefficient (Wildman–Crippen LogP) is 2.78. The molecule has 1 heterocycles. The number of nitrogens with zero attached hydrogens (tertiary/aromatic N) is 2. The van der Waals surface area contributed by atoms with Crippen LogP contribution in [0, 0.1) is 5.92 Å². The van der Waals surface area contributed by atoms with Crippen LogP contribution in [0.1, 0.15) is 51.9 Å². The van der Waals surface area contributed by atoms with Crippen molar-refractivity contribution in [1.82, 2.24) is 15.1 Å². The lowest BCUT2D eigenvalue weighted by Crippen LogP contribution is -2.35. The lowest BCUT2D eigenvalue weighted by molar-refractivity contribution is 0.386. The monoisotopic (exact) mass is 249 g/mol. The highest BCUT2D eigenvalue weighted by Crippen LogP contribution is 2.22. The van der Waals surface area contributed by atoms with Crippen molar-refractivity contribution in [2.45, 2.75) is 72.0 Å². The molecule has 0 bridgehead atoms. The van der Waals surface area contributed by atoms with E-state index in [9.17, 15) is 0 Å². The van der Waals surface area contributed by atoms with Crippen LogP contribution < -0.4 is 5.32 Å². The van der Waals surface area contributed by atoms with Crippen LogP contribution in [0.3, 0.4) is 0 Å². The van der Waals surface area contributed by atoms with E-state index >= 15 is 0 Å². The van der Waals surface area contributed by atoms with Crippen molar-refractivity contribution in [1.29, 1.82) is 0 Å². The molecular formula is C15H27N3. The zero-order chi connectivity index (χ0) is 13.1. The van der Waals surface area contributed by atoms with Crippen LogP contribution in [-0.2, 0) is 19.4 Å². The normalized spacial score (nSPS) is 18.9. The van der Waals surface area contributed by atoms with Crippen LogP contribution in [-0.4, -0.2) is 21.9 Å². The number of hydrogen-bond donors (Lipinski definition) is 1. The van der Waals surface area contributed by atoms with Crippen LogP contribution in [0.2, 0.25) is 0 Å². The Balaban J connectivity index is 1.95. The molecular weight excluding hydrogens is 222 g/mol. The second-order valence-corrected chi connectivity index (χ2v) is 5.71. The highest BCUT2D eigenvalue weighted by Gasteiger charge is 2.25. The molecule has 1 fully saturated rings. The van der Waals surface area contributed by atoms with Gasteiger partial charge in [0.25, 0.3) is 0 Å². The molecule has 0 aromatic carbocycles. The molecule has 1 aromatic heterocycles. The predicted molar refractivity (Wildman–Crippen MR) is 75.8 cm³/mol. The number of aryl methyl sites for hydroxylation is 2. The zero-order valence-corrected chi connectivity index (χ0v) is 12.2. The molecule has 3 nitrogen and oxygen atoms in total. The molecule has 102 valence electrons. The van der Waals surface area contributed by atoms with Crippen LogP contribution in [0.25, 0.3) is 0 Å². The first kappa shape index (κ1) is 13.6. The Labute approximate surface area is 111 Å². The molecule has 1 saturated carbocycles. The Kier molecular flexibility index (Phi) is 4.44. The lowest BCUT2D eigenvalue weighted by Gasteiger charge is -2.21. The maximum absolute atomic E-state index is 4.63. The number of aromatic nitrogens is 2. The molecule has 1 aliphatic rings. The summed E-state index contributed by atoms with van der Waals surface area (Å²) < 4.78 is 2.17. The molecule has 3 heteroatoms. The fourth-order valence-electron chi connectivity index (χ4n) is 2.42. The summed E-state index contributed by atoms with van der Waals surface area (Å²) in [6, 6.07) is 3.68. The van der Waals surface area contributed by atoms with E-state index in [4.69, 9.17) is 0 Å². The summed E-state index contributed by atoms with van der Waals surface area (Å²) in [5, 5.41) is 8.33. The van der Waals surface area contributed by atoms with Crippen molar-refractivity contribution in [3.05, 3.63) is 17.5 Å². The Morgan fingerprint density at radius 3 is 2.67 bits per heavy atom. The Morgan fingerprint density at radius 2 is 2.11 bits per heavy atom. The average Bonchev–Trinajstić information content (AvgIpc) is 3.08. The van der Waals surface area contributed by atoms with Gasteiger partial charge < -0.3 is 5.32 Å². The number of rotatable bonds is 7. The van der Waals surface area contributed by atoms with Crippen LogP contribution in [0.15, 0.2) is 6.07 Å². The minimum absolute atomic E-state index is 0.600. The Bertz CT molecular complexity index is 379. The third-order valence-corrected chi connectivity index (χ3v) is 4.04. The van der Waals surface area contributed by atoms with Gasteiger partial charge in [-0.05, 0) is 51.5 Å². The van der Waals surface area contributed by atoms with Gasteiger partial charge in [0.15, 0.2) is 0 Å². The smallest absolute Gasteiger partial charge is 0.0624 e. The second kappa shape index (κ2) is 5.87. The van der Waals surface area contributed by atoms with E-state index < -0.39 is 0 Å². The van der Waals surface area contributed by atoms with Gasteiger partial charge in [0, 0.05) is 24.3 Å². The summed E-state index contributed by atoms with van der Waals surface area (Å²) in [4.78, 5) is 0. The molecule has 18 heavy (non-hydrogen) atoms. The molecule has 1 N–H and O–H groups in total. The van der Waals surface area contributed by atoms with Crippen LogP contribution in [0.5, 0.6) is 0 Å². The van der Waals surface area contributed by atoms with E-state index in [0.29, 0.717) is 12.0 Å². The van der Waals surface area contributed by atoms with E-state index in [2.05, 4.69) is 48.9 Å². The quantitative estimate of drug-likeness (QED) is 0.805. The van der Waals surface area contributed by atoms with Crippen LogP contribution >= 0.6 is 0 Å². The topological polar surface area (TPSA) is 29.9 Å². The minimum Gasteiger partial charge on any atom is -0.311 e. The first-order chi connectivity index (χ1) is 8.63. The molecule has 1 aromatic rings. The standard InChI is InChI=1S/C15H27N3/c1-5-13-10-15(18(6-2)17-13)9-11(3)12(4)16-14-7-8-14/h10-12,14,16H,5-9H2,1-4H3. The maximum atomic E-state index is 4.63. The van der Waals surface area contributed by atoms with Gasteiger partial charge in [0.1, 0.15) is 0 Å². The van der Waals surface area contributed by atoms with Gasteiger partial charge in [-0.2, -0.15) is 5.10 Å². The molecule has 0 aliphatic heterocycles. The number of hydrogen-bond acceptors (Lipinski definition) is 2. The second-order valence-electron chi connectivity index (χ2n) is 5.71. The maximum Gasteiger partial charge on any atom is 0.0624 e. The van der Waals surface area contributed by atoms with Crippen molar-refractivity contribution in [3.63, 3.8) is 0 Å². The largest absolute Gasteiger partial charge is 0.311 e. The molecule has 1 aliphatic carbocycles. The number of nitrogens with one attached hydrogen (secondary N) is 1. The molecule has 2 unspecified atom stereocenters. The van der Waals surface area contributed by atoms with E-state index in [1.165, 1.54) is 24.2 Å². The fourth-order valence-corrected chi connectivity index (χ4v) is 2.42. The summed E-state index contributed by atoms with van der Waals surface area (Å²) in [5.74, 6) is 0.664. The summed E-state index contributed by atoms with van der Waals surface area (Å²) in [6.45, 7) is 9.99. The average molecular weight is 249 g/mol. The van der Waals surface area contributed by atoms with Gasteiger partial charge in [-0.25, -0.2) is 0 Å². The first-order valence-electron chi connectivity index (χ1n) is 7.45. The van der Waals surface area contributed by atoms with E-state index in [0.717, 1.165) is 25.4 Å². The molecule has 0 spiro atoms. The van der Waals surface area contributed by atoms with Crippen LogP contribution in [0.4, 0.5) is 0 Å². The van der Waals surface area contributed by atoms with Crippen molar-refractivity contribution in [3.8, 4) is 0 Å². The van der Waals surface area contributed by atoms with E-state index in [-0.39, 0.29) is 0 Å². The van der Waals surface area contributed by atoms with Gasteiger partial charge >= 0.3 is 0 Å². The summed E-state index contributed by atoms with van der Waals surface area (Å²) in [7, 11) is 0. The molecule has 0 amide bonds. The van der Waals surface area contributed by atoms with Gasteiger partial charge in [0.2, 0.25) is 0 Å². The molecule has 0 radical (unpaired) electrons. The van der Waals surface area contributed by atoms with Crippen molar-refractivity contribution in [2.24, 2.45) is 5.92 Å². The summed E-state index contributed by atoms with van der Waals surface area (Å²) in [5.41, 5.74) is 2.62. The third kappa shape index (κ3) is 3.35. The summed E-state index contributed by atoms with van der Waals surface area (Å²) >= 11 is 0. The first-order valence-corrected chi connectivity index (χ1v) is 7.45. The van der Waals surface area contributed by atoms with Gasteiger partial charge in [-0.15, -0.1) is 0 Å². The SMILES string of the molecule is CCc1cc(CC(C)C(C)NC2CC2)n(CC)n1.